The van der Waals surface area contributed by atoms with Gasteiger partial charge in [-0.3, -0.25) is 14.3 Å². The molecule has 0 aliphatic rings. The van der Waals surface area contributed by atoms with E-state index in [0.29, 0.717) is 34.4 Å². The highest BCUT2D eigenvalue weighted by Crippen LogP contribution is 2.30. The van der Waals surface area contributed by atoms with Crippen molar-refractivity contribution in [3.8, 4) is 27.7 Å². The van der Waals surface area contributed by atoms with Gasteiger partial charge in [-0.1, -0.05) is 18.2 Å². The van der Waals surface area contributed by atoms with E-state index < -0.39 is 11.7 Å². The lowest BCUT2D eigenvalue weighted by atomic mass is 10.1. The van der Waals surface area contributed by atoms with Gasteiger partial charge in [0, 0.05) is 40.7 Å². The highest BCUT2D eigenvalue weighted by atomic mass is 32.1. The zero-order chi connectivity index (χ0) is 24.5. The van der Waals surface area contributed by atoms with Crippen molar-refractivity contribution in [1.82, 2.24) is 19.7 Å². The maximum absolute atomic E-state index is 13.0. The summed E-state index contributed by atoms with van der Waals surface area (Å²) in [5, 5.41) is 10.6. The van der Waals surface area contributed by atoms with Crippen LogP contribution in [0.5, 0.6) is 5.75 Å². The number of H-pyrrole nitrogens is 1. The zero-order valence-electron chi connectivity index (χ0n) is 19.5. The average Bonchev–Trinajstić information content (AvgIpc) is 3.56. The number of thiazole rings is 1. The number of Topliss-reactive ketones (excluding diaryl/α,β-unsaturated/α-hetero) is 1. The summed E-state index contributed by atoms with van der Waals surface area (Å²) < 4.78 is 7.02. The lowest BCUT2D eigenvalue weighted by Gasteiger charge is -2.04. The molecule has 0 unspecified atom stereocenters. The molecule has 35 heavy (non-hydrogen) atoms. The Morgan fingerprint density at radius 2 is 1.89 bits per heavy atom. The lowest BCUT2D eigenvalue weighted by Crippen LogP contribution is -2.24. The summed E-state index contributed by atoms with van der Waals surface area (Å²) in [6, 6.07) is 16.9. The number of aryl methyl sites for hydroxylation is 2. The summed E-state index contributed by atoms with van der Waals surface area (Å²) >= 11 is 1.46. The molecule has 0 aliphatic heterocycles. The number of carbonyl (C=O) groups is 2. The third-order valence-corrected chi connectivity index (χ3v) is 6.50. The third kappa shape index (κ3) is 4.33. The molecule has 2 aromatic carbocycles. The summed E-state index contributed by atoms with van der Waals surface area (Å²) in [7, 11) is 1.71. The lowest BCUT2D eigenvalue weighted by molar-refractivity contribution is -0.112. The van der Waals surface area contributed by atoms with Crippen molar-refractivity contribution in [2.75, 3.05) is 11.9 Å². The highest BCUT2D eigenvalue weighted by Gasteiger charge is 2.24. The standard InChI is InChI=1S/C26H23N5O3S/c1-4-34-17-11-9-16(10-12-17)21-14-35-26(28-21)20-13-22(31(3)30-20)29-25(33)24(32)23-15(2)27-19-8-6-5-7-18(19)23/h5-14,27H,4H2,1-3H3,(H,29,33). The number of amides is 1. The number of ether oxygens (including phenoxy) is 1. The first-order chi connectivity index (χ1) is 16.9. The average molecular weight is 486 g/mol. The minimum absolute atomic E-state index is 0.375. The number of benzene rings is 2. The SMILES string of the molecule is CCOc1ccc(-c2csc(-c3cc(NC(=O)C(=O)c4c(C)[nH]c5ccccc45)n(C)n3)n2)cc1. The monoisotopic (exact) mass is 485 g/mol. The van der Waals surface area contributed by atoms with E-state index in [-0.39, 0.29) is 0 Å². The van der Waals surface area contributed by atoms with Crippen LogP contribution >= 0.6 is 11.3 Å². The fourth-order valence-electron chi connectivity index (χ4n) is 3.96. The van der Waals surface area contributed by atoms with Gasteiger partial charge in [0.2, 0.25) is 0 Å². The van der Waals surface area contributed by atoms with Gasteiger partial charge < -0.3 is 15.0 Å². The van der Waals surface area contributed by atoms with Gasteiger partial charge in [0.25, 0.3) is 11.7 Å². The Bertz CT molecular complexity index is 1550. The van der Waals surface area contributed by atoms with Crippen LogP contribution in [0.25, 0.3) is 32.9 Å². The van der Waals surface area contributed by atoms with Crippen LogP contribution in [0.2, 0.25) is 0 Å². The molecule has 2 N–H and O–H groups in total. The van der Waals surface area contributed by atoms with E-state index in [1.807, 2.05) is 60.8 Å². The van der Waals surface area contributed by atoms with Crippen molar-refractivity contribution in [3.05, 3.63) is 71.2 Å². The molecular formula is C26H23N5O3S. The molecule has 0 aliphatic carbocycles. The second kappa shape index (κ2) is 9.19. The van der Waals surface area contributed by atoms with Crippen LogP contribution in [0, 0.1) is 6.92 Å². The van der Waals surface area contributed by atoms with Crippen LogP contribution < -0.4 is 10.1 Å². The number of nitrogens with zero attached hydrogens (tertiary/aromatic N) is 3. The Hall–Kier alpha value is -4.24. The smallest absolute Gasteiger partial charge is 0.298 e. The fourth-order valence-corrected chi connectivity index (χ4v) is 4.74. The highest BCUT2D eigenvalue weighted by molar-refractivity contribution is 7.13. The van der Waals surface area contributed by atoms with Crippen molar-refractivity contribution in [2.24, 2.45) is 7.05 Å². The number of fused-ring (bicyclic) bond motifs is 1. The Morgan fingerprint density at radius 3 is 2.66 bits per heavy atom. The van der Waals surface area contributed by atoms with Crippen LogP contribution in [0.3, 0.4) is 0 Å². The van der Waals surface area contributed by atoms with Crippen molar-refractivity contribution < 1.29 is 14.3 Å². The minimum Gasteiger partial charge on any atom is -0.494 e. The molecular weight excluding hydrogens is 462 g/mol. The van der Waals surface area contributed by atoms with Crippen molar-refractivity contribution in [1.29, 1.82) is 0 Å². The van der Waals surface area contributed by atoms with Crippen LogP contribution in [0.15, 0.2) is 60.0 Å². The number of anilines is 1. The molecule has 3 aromatic heterocycles. The third-order valence-electron chi connectivity index (χ3n) is 5.63. The van der Waals surface area contributed by atoms with E-state index in [2.05, 4.69) is 15.4 Å². The molecule has 0 bridgehead atoms. The van der Waals surface area contributed by atoms with Gasteiger partial charge in [0.1, 0.15) is 22.3 Å². The van der Waals surface area contributed by atoms with E-state index in [1.165, 1.54) is 16.0 Å². The summed E-state index contributed by atoms with van der Waals surface area (Å²) in [5.74, 6) is -0.0980. The molecule has 8 nitrogen and oxygen atoms in total. The number of nitrogens with one attached hydrogen (secondary N) is 2. The first-order valence-corrected chi connectivity index (χ1v) is 12.0. The first kappa shape index (κ1) is 22.5. The molecule has 0 saturated carbocycles. The Balaban J connectivity index is 1.35. The molecule has 3 heterocycles. The largest absolute Gasteiger partial charge is 0.494 e. The predicted octanol–water partition coefficient (Wildman–Crippen LogP) is 5.22. The first-order valence-electron chi connectivity index (χ1n) is 11.1. The van der Waals surface area contributed by atoms with E-state index in [0.717, 1.165) is 27.9 Å². The number of hydrogen-bond donors (Lipinski definition) is 2. The number of para-hydroxylation sites is 1. The normalized spacial score (nSPS) is 11.1. The molecule has 0 saturated heterocycles. The van der Waals surface area contributed by atoms with Gasteiger partial charge in [-0.05, 0) is 44.2 Å². The van der Waals surface area contributed by atoms with Gasteiger partial charge in [0.05, 0.1) is 17.9 Å². The molecule has 1 amide bonds. The summed E-state index contributed by atoms with van der Waals surface area (Å²) in [6.07, 6.45) is 0. The Morgan fingerprint density at radius 1 is 1.11 bits per heavy atom. The zero-order valence-corrected chi connectivity index (χ0v) is 20.3. The number of carbonyl (C=O) groups excluding carboxylic acids is 2. The summed E-state index contributed by atoms with van der Waals surface area (Å²) in [6.45, 7) is 4.35. The van der Waals surface area contributed by atoms with E-state index in [1.54, 1.807) is 20.0 Å². The van der Waals surface area contributed by atoms with Crippen LogP contribution in [0.4, 0.5) is 5.82 Å². The molecule has 5 aromatic rings. The summed E-state index contributed by atoms with van der Waals surface area (Å²) in [4.78, 5) is 33.7. The second-order valence-electron chi connectivity index (χ2n) is 7.99. The number of rotatable bonds is 7. The van der Waals surface area contributed by atoms with E-state index >= 15 is 0 Å². The van der Waals surface area contributed by atoms with Crippen LogP contribution in [-0.4, -0.2) is 38.0 Å². The number of aromatic nitrogens is 4. The molecule has 176 valence electrons. The Labute approximate surface area is 205 Å². The van der Waals surface area contributed by atoms with Crippen molar-refractivity contribution in [2.45, 2.75) is 13.8 Å². The molecule has 5 rings (SSSR count). The van der Waals surface area contributed by atoms with Gasteiger partial charge >= 0.3 is 0 Å². The number of ketones is 1. The van der Waals surface area contributed by atoms with Crippen LogP contribution in [0.1, 0.15) is 23.0 Å². The molecule has 0 radical (unpaired) electrons. The number of aromatic amines is 1. The van der Waals surface area contributed by atoms with E-state index in [9.17, 15) is 9.59 Å². The van der Waals surface area contributed by atoms with E-state index in [4.69, 9.17) is 9.72 Å². The second-order valence-corrected chi connectivity index (χ2v) is 8.85. The van der Waals surface area contributed by atoms with Gasteiger partial charge in [-0.25, -0.2) is 4.98 Å². The number of hydrogen-bond acceptors (Lipinski definition) is 6. The van der Waals surface area contributed by atoms with Gasteiger partial charge in [0.15, 0.2) is 0 Å². The maximum Gasteiger partial charge on any atom is 0.298 e. The minimum atomic E-state index is -0.721. The molecule has 0 fully saturated rings. The topological polar surface area (TPSA) is 102 Å². The molecule has 0 spiro atoms. The fraction of sp³-hybridized carbons (Fsp3) is 0.154. The van der Waals surface area contributed by atoms with Crippen molar-refractivity contribution >= 4 is 39.7 Å². The Kier molecular flexibility index (Phi) is 5.92. The predicted molar refractivity (Wildman–Crippen MR) is 137 cm³/mol. The van der Waals surface area contributed by atoms with Crippen LogP contribution in [-0.2, 0) is 11.8 Å². The van der Waals surface area contributed by atoms with Gasteiger partial charge in [-0.2, -0.15) is 5.10 Å². The maximum atomic E-state index is 13.0. The molecule has 9 heteroatoms. The quantitative estimate of drug-likeness (QED) is 0.243. The molecule has 0 atom stereocenters. The van der Waals surface area contributed by atoms with Crippen molar-refractivity contribution in [3.63, 3.8) is 0 Å². The van der Waals surface area contributed by atoms with Gasteiger partial charge in [-0.15, -0.1) is 11.3 Å². The summed E-state index contributed by atoms with van der Waals surface area (Å²) in [5.41, 5.74) is 4.26.